The Kier molecular flexibility index (Phi) is 3.99. The van der Waals surface area contributed by atoms with Gasteiger partial charge in [0.2, 0.25) is 0 Å². The van der Waals surface area contributed by atoms with Gasteiger partial charge in [-0.3, -0.25) is 9.69 Å². The number of aryl methyl sites for hydroxylation is 1. The maximum absolute atomic E-state index is 13.4. The quantitative estimate of drug-likeness (QED) is 0.696. The van der Waals surface area contributed by atoms with Crippen molar-refractivity contribution in [2.75, 3.05) is 7.05 Å². The van der Waals surface area contributed by atoms with Crippen LogP contribution >= 0.6 is 11.3 Å². The molecule has 1 amide bonds. The molecule has 0 bridgehead atoms. The molecule has 5 nitrogen and oxygen atoms in total. The normalized spacial score (nSPS) is 23.1. The van der Waals surface area contributed by atoms with E-state index in [0.29, 0.717) is 12.2 Å². The number of likely N-dealkylation sites (N-methyl/N-ethyl adjacent to an activating group) is 1. The Labute approximate surface area is 173 Å². The molecule has 2 aliphatic heterocycles. The number of ether oxygens (including phenoxy) is 1. The molecule has 0 radical (unpaired) electrons. The zero-order valence-corrected chi connectivity index (χ0v) is 17.1. The second-order valence-corrected chi connectivity index (χ2v) is 8.58. The topological polar surface area (TPSA) is 67.9 Å². The molecule has 2 unspecified atom stereocenters. The summed E-state index contributed by atoms with van der Waals surface area (Å²) >= 11 is 1.62. The van der Waals surface area contributed by atoms with Gasteiger partial charge in [0.25, 0.3) is 5.91 Å². The third-order valence-corrected chi connectivity index (χ3v) is 6.66. The molecule has 1 aromatic heterocycles. The molecular formula is C23H21N3O2S. The standard InChI is InChI=1S/C23H21N3O2S/c1-14-5-3-6-15(11-14)16-8-9-18-17(12-16)23(21(27)26(2)22(24)25-23)13-19(28-18)20-7-4-10-29-20/h3-12,19H,13H2,1-2H3,(H2,24,25). The molecule has 0 aliphatic carbocycles. The van der Waals surface area contributed by atoms with Gasteiger partial charge in [-0.2, -0.15) is 0 Å². The molecule has 5 rings (SSSR count). The van der Waals surface area contributed by atoms with E-state index < -0.39 is 5.54 Å². The fraction of sp³-hybridized carbons (Fsp3) is 0.217. The van der Waals surface area contributed by atoms with Crippen LogP contribution in [0.4, 0.5) is 0 Å². The maximum atomic E-state index is 13.4. The maximum Gasteiger partial charge on any atom is 0.261 e. The van der Waals surface area contributed by atoms with Crippen molar-refractivity contribution in [3.63, 3.8) is 0 Å². The summed E-state index contributed by atoms with van der Waals surface area (Å²) in [6.45, 7) is 2.07. The smallest absolute Gasteiger partial charge is 0.261 e. The largest absolute Gasteiger partial charge is 0.484 e. The summed E-state index contributed by atoms with van der Waals surface area (Å²) in [5.74, 6) is 0.822. The third-order valence-electron chi connectivity index (χ3n) is 5.69. The van der Waals surface area contributed by atoms with E-state index in [4.69, 9.17) is 15.5 Å². The monoisotopic (exact) mass is 403 g/mol. The molecule has 6 heteroatoms. The average molecular weight is 404 g/mol. The molecule has 0 saturated heterocycles. The highest BCUT2D eigenvalue weighted by atomic mass is 32.1. The van der Waals surface area contributed by atoms with Gasteiger partial charge in [-0.15, -0.1) is 11.3 Å². The number of nitrogens with zero attached hydrogens (tertiary/aromatic N) is 2. The number of thiophene rings is 1. The third kappa shape index (κ3) is 2.75. The van der Waals surface area contributed by atoms with Crippen LogP contribution in [0.2, 0.25) is 0 Å². The van der Waals surface area contributed by atoms with Gasteiger partial charge in [-0.25, -0.2) is 4.99 Å². The van der Waals surface area contributed by atoms with Crippen molar-refractivity contribution >= 4 is 23.2 Å². The van der Waals surface area contributed by atoms with Gasteiger partial charge in [-0.05, 0) is 41.6 Å². The number of aliphatic imine (C=N–C) groups is 1. The second kappa shape index (κ2) is 6.46. The van der Waals surface area contributed by atoms with E-state index in [2.05, 4.69) is 25.1 Å². The molecule has 2 N–H and O–H groups in total. The first-order valence-electron chi connectivity index (χ1n) is 9.53. The van der Waals surface area contributed by atoms with Gasteiger partial charge in [0.15, 0.2) is 11.5 Å². The minimum atomic E-state index is -1.05. The van der Waals surface area contributed by atoms with E-state index in [-0.39, 0.29) is 18.0 Å². The van der Waals surface area contributed by atoms with E-state index in [1.807, 2.05) is 41.8 Å². The summed E-state index contributed by atoms with van der Waals surface area (Å²) in [7, 11) is 1.68. The lowest BCUT2D eigenvalue weighted by molar-refractivity contribution is -0.132. The summed E-state index contributed by atoms with van der Waals surface area (Å²) in [5, 5.41) is 2.02. The van der Waals surface area contributed by atoms with Crippen LogP contribution < -0.4 is 10.5 Å². The van der Waals surface area contributed by atoms with Crippen LogP contribution in [0.15, 0.2) is 65.0 Å². The molecule has 2 aliphatic rings. The van der Waals surface area contributed by atoms with E-state index in [1.54, 1.807) is 18.4 Å². The van der Waals surface area contributed by atoms with Crippen LogP contribution in [0, 0.1) is 6.92 Å². The first-order valence-corrected chi connectivity index (χ1v) is 10.4. The number of hydrogen-bond donors (Lipinski definition) is 1. The number of carbonyl (C=O) groups is 1. The molecule has 1 spiro atoms. The summed E-state index contributed by atoms with van der Waals surface area (Å²) in [6, 6.07) is 18.3. The molecule has 146 valence electrons. The van der Waals surface area contributed by atoms with Crippen molar-refractivity contribution < 1.29 is 9.53 Å². The summed E-state index contributed by atoms with van der Waals surface area (Å²) < 4.78 is 6.33. The number of fused-ring (bicyclic) bond motifs is 2. The minimum absolute atomic E-state index is 0.109. The number of carbonyl (C=O) groups excluding carboxylic acids is 1. The first-order chi connectivity index (χ1) is 14.0. The lowest BCUT2D eigenvalue weighted by Crippen LogP contribution is -2.43. The Morgan fingerprint density at radius 3 is 2.69 bits per heavy atom. The number of hydrogen-bond acceptors (Lipinski definition) is 5. The average Bonchev–Trinajstić information content (AvgIpc) is 3.33. The van der Waals surface area contributed by atoms with Crippen molar-refractivity contribution in [3.8, 4) is 16.9 Å². The van der Waals surface area contributed by atoms with Gasteiger partial charge in [0.05, 0.1) is 0 Å². The van der Waals surface area contributed by atoms with Crippen LogP contribution in [0.5, 0.6) is 5.75 Å². The Bertz CT molecular complexity index is 1140. The summed E-state index contributed by atoms with van der Waals surface area (Å²) in [4.78, 5) is 20.6. The lowest BCUT2D eigenvalue weighted by Gasteiger charge is -2.36. The van der Waals surface area contributed by atoms with Crippen molar-refractivity contribution in [1.29, 1.82) is 0 Å². The Hall–Kier alpha value is -3.12. The number of nitrogens with two attached hydrogens (primary N) is 1. The molecule has 0 saturated carbocycles. The number of guanidine groups is 1. The van der Waals surface area contributed by atoms with Crippen LogP contribution in [-0.4, -0.2) is 23.8 Å². The Balaban J connectivity index is 1.69. The van der Waals surface area contributed by atoms with E-state index >= 15 is 0 Å². The van der Waals surface area contributed by atoms with Crippen molar-refractivity contribution in [1.82, 2.24) is 4.90 Å². The SMILES string of the molecule is Cc1cccc(-c2ccc3c(c2)C2(CC(c4cccs4)O3)N=C(N)N(C)C2=O)c1. The molecule has 3 aromatic rings. The lowest BCUT2D eigenvalue weighted by atomic mass is 9.80. The fourth-order valence-electron chi connectivity index (χ4n) is 4.17. The second-order valence-electron chi connectivity index (χ2n) is 7.60. The van der Waals surface area contributed by atoms with Crippen molar-refractivity contribution in [3.05, 3.63) is 76.0 Å². The van der Waals surface area contributed by atoms with Crippen LogP contribution in [0.3, 0.4) is 0 Å². The highest BCUT2D eigenvalue weighted by Crippen LogP contribution is 2.51. The van der Waals surface area contributed by atoms with Gasteiger partial charge in [0.1, 0.15) is 11.9 Å². The van der Waals surface area contributed by atoms with Gasteiger partial charge >= 0.3 is 0 Å². The molecule has 2 aromatic carbocycles. The minimum Gasteiger partial charge on any atom is -0.484 e. The van der Waals surface area contributed by atoms with Gasteiger partial charge in [0, 0.05) is 23.9 Å². The number of amides is 1. The summed E-state index contributed by atoms with van der Waals surface area (Å²) in [6.07, 6.45) is 0.195. The van der Waals surface area contributed by atoms with E-state index in [1.165, 1.54) is 10.5 Å². The fourth-order valence-corrected chi connectivity index (χ4v) is 4.93. The van der Waals surface area contributed by atoms with Crippen LogP contribution in [0.1, 0.15) is 28.5 Å². The Morgan fingerprint density at radius 2 is 2.00 bits per heavy atom. The van der Waals surface area contributed by atoms with Crippen LogP contribution in [-0.2, 0) is 10.3 Å². The van der Waals surface area contributed by atoms with Crippen molar-refractivity contribution in [2.24, 2.45) is 10.7 Å². The zero-order valence-electron chi connectivity index (χ0n) is 16.3. The van der Waals surface area contributed by atoms with Gasteiger partial charge in [-0.1, -0.05) is 42.0 Å². The molecule has 3 heterocycles. The molecule has 2 atom stereocenters. The first kappa shape index (κ1) is 17.9. The predicted octanol–water partition coefficient (Wildman–Crippen LogP) is 4.23. The number of rotatable bonds is 2. The predicted molar refractivity (Wildman–Crippen MR) is 115 cm³/mol. The highest BCUT2D eigenvalue weighted by molar-refractivity contribution is 7.10. The zero-order chi connectivity index (χ0) is 20.2. The molecule has 0 fully saturated rings. The van der Waals surface area contributed by atoms with Gasteiger partial charge < -0.3 is 10.5 Å². The van der Waals surface area contributed by atoms with E-state index in [9.17, 15) is 4.79 Å². The number of benzene rings is 2. The summed E-state index contributed by atoms with van der Waals surface area (Å²) in [5.41, 5.74) is 9.11. The molecule has 29 heavy (non-hydrogen) atoms. The Morgan fingerprint density at radius 1 is 1.17 bits per heavy atom. The molecular weight excluding hydrogens is 382 g/mol. The van der Waals surface area contributed by atoms with Crippen molar-refractivity contribution in [2.45, 2.75) is 25.0 Å². The van der Waals surface area contributed by atoms with Crippen LogP contribution in [0.25, 0.3) is 11.1 Å². The highest BCUT2D eigenvalue weighted by Gasteiger charge is 2.53. The van der Waals surface area contributed by atoms with E-state index in [0.717, 1.165) is 21.6 Å².